The van der Waals surface area contributed by atoms with Crippen LogP contribution in [0.5, 0.6) is 5.75 Å². The molecular formula is C21H26ClN3O3. The summed E-state index contributed by atoms with van der Waals surface area (Å²) in [5.74, 6) is -0.812. The Morgan fingerprint density at radius 2 is 2.00 bits per heavy atom. The lowest BCUT2D eigenvalue weighted by Crippen LogP contribution is -2.30. The molecule has 1 aliphatic rings. The van der Waals surface area contributed by atoms with Gasteiger partial charge in [-0.3, -0.25) is 9.59 Å². The van der Waals surface area contributed by atoms with Crippen molar-refractivity contribution in [1.29, 1.82) is 0 Å². The normalized spacial score (nSPS) is 15.9. The lowest BCUT2D eigenvalue weighted by atomic mass is 9.94. The summed E-state index contributed by atoms with van der Waals surface area (Å²) in [5, 5.41) is -0.0231. The zero-order chi connectivity index (χ0) is 21.0. The zero-order valence-electron chi connectivity index (χ0n) is 16.9. The Bertz CT molecular complexity index is 885. The number of allylic oxidation sites excluding steroid dienone is 3. The summed E-state index contributed by atoms with van der Waals surface area (Å²) in [6, 6.07) is 6.08. The SMILES string of the molecule is CCC1=C(Cl)C(=O)C(C(N)=O)=CC1=Nc1ccc(N(CC)C(C)C)cc1OC. The van der Waals surface area contributed by atoms with Crippen molar-refractivity contribution in [3.63, 3.8) is 0 Å². The number of ether oxygens (including phenoxy) is 1. The van der Waals surface area contributed by atoms with E-state index in [0.29, 0.717) is 35.2 Å². The van der Waals surface area contributed by atoms with Crippen molar-refractivity contribution in [2.24, 2.45) is 10.7 Å². The average molecular weight is 404 g/mol. The summed E-state index contributed by atoms with van der Waals surface area (Å²) < 4.78 is 5.53. The van der Waals surface area contributed by atoms with E-state index in [2.05, 4.69) is 30.7 Å². The number of primary amides is 1. The minimum absolute atomic E-state index is 0.0231. The molecule has 1 aliphatic carbocycles. The molecule has 0 spiro atoms. The first-order valence-electron chi connectivity index (χ1n) is 9.23. The lowest BCUT2D eigenvalue weighted by Gasteiger charge is -2.28. The first-order chi connectivity index (χ1) is 13.2. The summed E-state index contributed by atoms with van der Waals surface area (Å²) in [4.78, 5) is 30.7. The van der Waals surface area contributed by atoms with Gasteiger partial charge < -0.3 is 15.4 Å². The predicted molar refractivity (Wildman–Crippen MR) is 114 cm³/mol. The molecule has 0 aliphatic heterocycles. The van der Waals surface area contributed by atoms with Gasteiger partial charge in [0.2, 0.25) is 5.78 Å². The van der Waals surface area contributed by atoms with Crippen molar-refractivity contribution in [2.75, 3.05) is 18.6 Å². The molecular weight excluding hydrogens is 378 g/mol. The van der Waals surface area contributed by atoms with Gasteiger partial charge in [0, 0.05) is 29.9 Å². The Kier molecular flexibility index (Phi) is 7.02. The molecule has 28 heavy (non-hydrogen) atoms. The highest BCUT2D eigenvalue weighted by molar-refractivity contribution is 6.52. The third kappa shape index (κ3) is 4.28. The van der Waals surface area contributed by atoms with E-state index in [-0.39, 0.29) is 10.6 Å². The molecule has 0 saturated heterocycles. The van der Waals surface area contributed by atoms with E-state index < -0.39 is 11.7 Å². The minimum Gasteiger partial charge on any atom is -0.494 e. The maximum Gasteiger partial charge on any atom is 0.252 e. The fourth-order valence-electron chi connectivity index (χ4n) is 3.19. The molecule has 2 rings (SSSR count). The molecule has 0 heterocycles. The first-order valence-corrected chi connectivity index (χ1v) is 9.61. The molecule has 0 bridgehead atoms. The number of methoxy groups -OCH3 is 1. The van der Waals surface area contributed by atoms with Crippen LogP contribution in [-0.4, -0.2) is 37.1 Å². The van der Waals surface area contributed by atoms with E-state index >= 15 is 0 Å². The third-order valence-electron chi connectivity index (χ3n) is 4.62. The number of Topliss-reactive ketones (excluding diaryl/α,β-unsaturated/α-hetero) is 1. The van der Waals surface area contributed by atoms with Crippen molar-refractivity contribution < 1.29 is 14.3 Å². The molecule has 0 aromatic heterocycles. The summed E-state index contributed by atoms with van der Waals surface area (Å²) in [7, 11) is 1.58. The number of hydrogen-bond donors (Lipinski definition) is 1. The topological polar surface area (TPSA) is 85.0 Å². The number of anilines is 1. The highest BCUT2D eigenvalue weighted by atomic mass is 35.5. The van der Waals surface area contributed by atoms with E-state index in [4.69, 9.17) is 22.1 Å². The van der Waals surface area contributed by atoms with Crippen molar-refractivity contribution in [2.45, 2.75) is 40.2 Å². The van der Waals surface area contributed by atoms with Gasteiger partial charge >= 0.3 is 0 Å². The monoisotopic (exact) mass is 403 g/mol. The third-order valence-corrected chi connectivity index (χ3v) is 5.02. The van der Waals surface area contributed by atoms with Gasteiger partial charge in [-0.15, -0.1) is 0 Å². The number of hydrogen-bond acceptors (Lipinski definition) is 5. The molecule has 0 atom stereocenters. The fourth-order valence-corrected chi connectivity index (χ4v) is 3.52. The number of amides is 1. The molecule has 0 unspecified atom stereocenters. The molecule has 7 heteroatoms. The Labute approximate surface area is 170 Å². The van der Waals surface area contributed by atoms with Crippen molar-refractivity contribution in [3.8, 4) is 5.75 Å². The second-order valence-corrected chi connectivity index (χ2v) is 7.01. The minimum atomic E-state index is -0.830. The van der Waals surface area contributed by atoms with Gasteiger partial charge in [-0.25, -0.2) is 4.99 Å². The first kappa shape index (κ1) is 21.7. The lowest BCUT2D eigenvalue weighted by molar-refractivity contribution is -0.119. The number of carbonyl (C=O) groups excluding carboxylic acids is 2. The van der Waals surface area contributed by atoms with Crippen molar-refractivity contribution in [3.05, 3.63) is 40.5 Å². The summed E-state index contributed by atoms with van der Waals surface area (Å²) in [6.07, 6.45) is 1.89. The predicted octanol–water partition coefficient (Wildman–Crippen LogP) is 3.90. The van der Waals surface area contributed by atoms with Crippen LogP contribution >= 0.6 is 11.6 Å². The summed E-state index contributed by atoms with van der Waals surface area (Å²) >= 11 is 6.19. The van der Waals surface area contributed by atoms with Gasteiger partial charge in [-0.05, 0) is 45.4 Å². The van der Waals surface area contributed by atoms with Gasteiger partial charge in [0.1, 0.15) is 11.4 Å². The van der Waals surface area contributed by atoms with Crippen LogP contribution in [0.2, 0.25) is 0 Å². The number of ketones is 1. The van der Waals surface area contributed by atoms with Crippen LogP contribution in [0.3, 0.4) is 0 Å². The molecule has 1 aromatic carbocycles. The smallest absolute Gasteiger partial charge is 0.252 e. The Balaban J connectivity index is 2.58. The van der Waals surface area contributed by atoms with Gasteiger partial charge in [-0.2, -0.15) is 0 Å². The Morgan fingerprint density at radius 1 is 1.32 bits per heavy atom. The molecule has 0 saturated carbocycles. The van der Waals surface area contributed by atoms with Crippen LogP contribution < -0.4 is 15.4 Å². The Morgan fingerprint density at radius 3 is 2.50 bits per heavy atom. The van der Waals surface area contributed by atoms with E-state index in [1.807, 2.05) is 25.1 Å². The van der Waals surface area contributed by atoms with Crippen molar-refractivity contribution in [1.82, 2.24) is 0 Å². The van der Waals surface area contributed by atoms with Gasteiger partial charge in [0.25, 0.3) is 5.91 Å². The van der Waals surface area contributed by atoms with Crippen LogP contribution in [0.1, 0.15) is 34.1 Å². The number of carbonyl (C=O) groups is 2. The highest BCUT2D eigenvalue weighted by Gasteiger charge is 2.28. The second-order valence-electron chi connectivity index (χ2n) is 6.63. The van der Waals surface area contributed by atoms with E-state index in [9.17, 15) is 9.59 Å². The number of halogens is 1. The quantitative estimate of drug-likeness (QED) is 0.552. The van der Waals surface area contributed by atoms with E-state index in [1.165, 1.54) is 6.08 Å². The zero-order valence-corrected chi connectivity index (χ0v) is 17.6. The van der Waals surface area contributed by atoms with E-state index in [0.717, 1.165) is 12.2 Å². The number of aliphatic imine (C=N–C) groups is 1. The molecule has 6 nitrogen and oxygen atoms in total. The highest BCUT2D eigenvalue weighted by Crippen LogP contribution is 2.35. The molecule has 150 valence electrons. The molecule has 2 N–H and O–H groups in total. The summed E-state index contributed by atoms with van der Waals surface area (Å²) in [5.41, 5.74) is 7.75. The number of benzene rings is 1. The molecule has 1 amide bonds. The second kappa shape index (κ2) is 9.06. The number of nitrogens with zero attached hydrogens (tertiary/aromatic N) is 2. The molecule has 0 radical (unpaired) electrons. The van der Waals surface area contributed by atoms with Gasteiger partial charge in [-0.1, -0.05) is 18.5 Å². The van der Waals surface area contributed by atoms with Crippen molar-refractivity contribution >= 4 is 40.4 Å². The van der Waals surface area contributed by atoms with Gasteiger partial charge in [0.15, 0.2) is 0 Å². The Hall–Kier alpha value is -2.60. The maximum absolute atomic E-state index is 12.2. The van der Waals surface area contributed by atoms with Crippen LogP contribution in [0.25, 0.3) is 0 Å². The number of rotatable bonds is 7. The van der Waals surface area contributed by atoms with Gasteiger partial charge in [0.05, 0.1) is 23.4 Å². The summed E-state index contributed by atoms with van der Waals surface area (Å²) in [6.45, 7) is 9.07. The van der Waals surface area contributed by atoms with E-state index in [1.54, 1.807) is 7.11 Å². The van der Waals surface area contributed by atoms with Crippen LogP contribution in [0.4, 0.5) is 11.4 Å². The molecule has 1 aromatic rings. The average Bonchev–Trinajstić information content (AvgIpc) is 2.65. The standard InChI is InChI=1S/C21H26ClN3O3/c1-6-14-17(11-15(21(23)27)20(26)19(14)22)24-16-9-8-13(10-18(16)28-5)25(7-2)12(3)4/h8-12H,6-7H2,1-5H3,(H2,23,27). The largest absolute Gasteiger partial charge is 0.494 e. The fraction of sp³-hybridized carbons (Fsp3) is 0.381. The number of nitrogens with two attached hydrogens (primary N) is 1. The molecule has 0 fully saturated rings. The van der Waals surface area contributed by atoms with Crippen LogP contribution in [0.15, 0.2) is 45.4 Å². The van der Waals surface area contributed by atoms with Crippen LogP contribution in [-0.2, 0) is 9.59 Å². The van der Waals surface area contributed by atoms with Crippen LogP contribution in [0, 0.1) is 0 Å². The maximum atomic E-state index is 12.2.